The number of carbonyl (C=O) groups is 1. The first kappa shape index (κ1) is 16.5. The van der Waals surface area contributed by atoms with Crippen molar-refractivity contribution < 1.29 is 9.53 Å². The minimum atomic E-state index is -0.272. The Kier molecular flexibility index (Phi) is 4.94. The second-order valence-electron chi connectivity index (χ2n) is 5.29. The Hall–Kier alpha value is -3.35. The molecule has 25 heavy (non-hydrogen) atoms. The zero-order valence-corrected chi connectivity index (χ0v) is 14.0. The molecule has 2 amide bonds. The molecule has 0 fully saturated rings. The third-order valence-electron chi connectivity index (χ3n) is 3.58. The van der Waals surface area contributed by atoms with Crippen LogP contribution in [0.5, 0.6) is 5.75 Å². The van der Waals surface area contributed by atoms with Crippen molar-refractivity contribution >= 4 is 34.1 Å². The molecule has 2 heterocycles. The number of rotatable bonds is 5. The molecule has 2 aromatic heterocycles. The Balaban J connectivity index is 1.85. The van der Waals surface area contributed by atoms with E-state index in [2.05, 4.69) is 25.9 Å². The van der Waals surface area contributed by atoms with Crippen molar-refractivity contribution in [2.75, 3.05) is 24.3 Å². The number of hydrogen-bond acceptors (Lipinski definition) is 5. The Morgan fingerprint density at radius 2 is 1.96 bits per heavy atom. The molecule has 0 saturated heterocycles. The van der Waals surface area contributed by atoms with Crippen molar-refractivity contribution in [1.29, 1.82) is 0 Å². The maximum Gasteiger partial charge on any atom is 0.320 e. The van der Waals surface area contributed by atoms with Gasteiger partial charge in [0.05, 0.1) is 13.3 Å². The number of nitrogens with zero attached hydrogens (tertiary/aromatic N) is 2. The number of urea groups is 1. The van der Waals surface area contributed by atoms with Gasteiger partial charge < -0.3 is 15.4 Å². The van der Waals surface area contributed by atoms with Gasteiger partial charge in [0.1, 0.15) is 17.4 Å². The molecule has 0 spiro atoms. The molecule has 0 aliphatic carbocycles. The topological polar surface area (TPSA) is 88.2 Å². The molecule has 0 atom stereocenters. The third-order valence-corrected chi connectivity index (χ3v) is 3.58. The van der Waals surface area contributed by atoms with Crippen LogP contribution in [0.15, 0.2) is 48.8 Å². The fourth-order valence-corrected chi connectivity index (χ4v) is 2.38. The van der Waals surface area contributed by atoms with E-state index in [0.29, 0.717) is 23.9 Å². The summed E-state index contributed by atoms with van der Waals surface area (Å²) in [5, 5.41) is 10.5. The van der Waals surface area contributed by atoms with Crippen LogP contribution in [0.2, 0.25) is 0 Å². The van der Waals surface area contributed by atoms with Crippen LogP contribution in [0, 0.1) is 0 Å². The summed E-state index contributed by atoms with van der Waals surface area (Å²) in [6.45, 7) is 2.42. The molecule has 7 nitrogen and oxygen atoms in total. The van der Waals surface area contributed by atoms with Gasteiger partial charge in [0.2, 0.25) is 0 Å². The van der Waals surface area contributed by atoms with Crippen LogP contribution in [-0.4, -0.2) is 29.7 Å². The van der Waals surface area contributed by atoms with E-state index >= 15 is 0 Å². The predicted octanol–water partition coefficient (Wildman–Crippen LogP) is 3.52. The van der Waals surface area contributed by atoms with Gasteiger partial charge in [-0.3, -0.25) is 5.32 Å². The summed E-state index contributed by atoms with van der Waals surface area (Å²) in [4.78, 5) is 20.2. The van der Waals surface area contributed by atoms with Gasteiger partial charge in [0, 0.05) is 23.8 Å². The van der Waals surface area contributed by atoms with Crippen molar-refractivity contribution in [2.24, 2.45) is 0 Å². The molecule has 128 valence electrons. The van der Waals surface area contributed by atoms with Crippen LogP contribution < -0.4 is 20.7 Å². The largest absolute Gasteiger partial charge is 0.495 e. The Bertz CT molecular complexity index is 880. The molecule has 0 aliphatic heterocycles. The Labute approximate surface area is 145 Å². The van der Waals surface area contributed by atoms with Gasteiger partial charge in [0.25, 0.3) is 0 Å². The molecule has 3 N–H and O–H groups in total. The minimum absolute atomic E-state index is 0.272. The van der Waals surface area contributed by atoms with Crippen LogP contribution in [0.25, 0.3) is 10.8 Å². The van der Waals surface area contributed by atoms with E-state index < -0.39 is 0 Å². The lowest BCUT2D eigenvalue weighted by molar-refractivity contribution is 0.252. The highest BCUT2D eigenvalue weighted by Crippen LogP contribution is 2.27. The molecule has 3 rings (SSSR count). The quantitative estimate of drug-likeness (QED) is 0.663. The molecule has 0 saturated carbocycles. The first-order chi connectivity index (χ1) is 12.2. The van der Waals surface area contributed by atoms with E-state index in [1.165, 1.54) is 0 Å². The predicted molar refractivity (Wildman–Crippen MR) is 98.5 cm³/mol. The number of fused-ring (bicyclic) bond motifs is 1. The number of ether oxygens (including phenoxy) is 1. The maximum absolute atomic E-state index is 11.6. The summed E-state index contributed by atoms with van der Waals surface area (Å²) < 4.78 is 5.11. The average Bonchev–Trinajstić information content (AvgIpc) is 2.62. The van der Waals surface area contributed by atoms with Gasteiger partial charge in [-0.1, -0.05) is 12.1 Å². The molecule has 0 radical (unpaired) electrons. The average molecular weight is 337 g/mol. The third kappa shape index (κ3) is 3.95. The summed E-state index contributed by atoms with van der Waals surface area (Å²) in [5.74, 6) is 1.90. The first-order valence-electron chi connectivity index (χ1n) is 7.90. The van der Waals surface area contributed by atoms with Crippen LogP contribution >= 0.6 is 0 Å². The number of aromatic nitrogens is 2. The normalized spacial score (nSPS) is 10.3. The second kappa shape index (κ2) is 7.48. The highest BCUT2D eigenvalue weighted by molar-refractivity contribution is 5.97. The number of hydrogen-bond donors (Lipinski definition) is 3. The van der Waals surface area contributed by atoms with E-state index in [1.54, 1.807) is 19.5 Å². The highest BCUT2D eigenvalue weighted by Gasteiger charge is 2.06. The molecule has 0 aliphatic rings. The highest BCUT2D eigenvalue weighted by atomic mass is 16.5. The monoisotopic (exact) mass is 337 g/mol. The van der Waals surface area contributed by atoms with E-state index in [1.807, 2.05) is 43.3 Å². The smallest absolute Gasteiger partial charge is 0.320 e. The number of pyridine rings is 2. The molecule has 3 aromatic rings. The second-order valence-corrected chi connectivity index (χ2v) is 5.29. The molecule has 0 bridgehead atoms. The zero-order chi connectivity index (χ0) is 17.6. The first-order valence-corrected chi connectivity index (χ1v) is 7.90. The lowest BCUT2D eigenvalue weighted by Gasteiger charge is -2.11. The van der Waals surface area contributed by atoms with Crippen molar-refractivity contribution in [2.45, 2.75) is 6.92 Å². The fraction of sp³-hybridized carbons (Fsp3) is 0.167. The summed E-state index contributed by atoms with van der Waals surface area (Å²) >= 11 is 0. The SMILES string of the molecule is CCNC(=O)Nc1cc2cccc(Nc3ccc(OC)cn3)c2cn1. The fourth-order valence-electron chi connectivity index (χ4n) is 2.38. The molecule has 0 unspecified atom stereocenters. The number of carbonyl (C=O) groups excluding carboxylic acids is 1. The summed E-state index contributed by atoms with van der Waals surface area (Å²) in [7, 11) is 1.60. The number of amides is 2. The van der Waals surface area contributed by atoms with Gasteiger partial charge in [-0.15, -0.1) is 0 Å². The summed E-state index contributed by atoms with van der Waals surface area (Å²) in [6, 6.07) is 11.1. The lowest BCUT2D eigenvalue weighted by atomic mass is 10.1. The number of methoxy groups -OCH3 is 1. The van der Waals surface area contributed by atoms with Crippen molar-refractivity contribution in [3.05, 3.63) is 48.8 Å². The summed E-state index contributed by atoms with van der Waals surface area (Å²) in [6.07, 6.45) is 3.38. The van der Waals surface area contributed by atoms with Gasteiger partial charge in [0.15, 0.2) is 0 Å². The van der Waals surface area contributed by atoms with Crippen molar-refractivity contribution in [1.82, 2.24) is 15.3 Å². The van der Waals surface area contributed by atoms with Gasteiger partial charge in [-0.05, 0) is 36.6 Å². The van der Waals surface area contributed by atoms with Crippen LogP contribution in [0.1, 0.15) is 6.92 Å². The number of benzene rings is 1. The van der Waals surface area contributed by atoms with E-state index in [0.717, 1.165) is 16.5 Å². The van der Waals surface area contributed by atoms with Gasteiger partial charge >= 0.3 is 6.03 Å². The minimum Gasteiger partial charge on any atom is -0.495 e. The summed E-state index contributed by atoms with van der Waals surface area (Å²) in [5.41, 5.74) is 0.882. The van der Waals surface area contributed by atoms with Gasteiger partial charge in [-0.2, -0.15) is 0 Å². The zero-order valence-electron chi connectivity index (χ0n) is 14.0. The maximum atomic E-state index is 11.6. The van der Waals surface area contributed by atoms with E-state index in [4.69, 9.17) is 4.74 Å². The van der Waals surface area contributed by atoms with E-state index in [-0.39, 0.29) is 6.03 Å². The standard InChI is InChI=1S/C18H19N5O2/c1-3-19-18(24)23-17-9-12-5-4-6-15(14(12)11-21-17)22-16-8-7-13(25-2)10-20-16/h4-11H,3H2,1-2H3,(H,20,22)(H2,19,21,23,24). The number of nitrogens with one attached hydrogen (secondary N) is 3. The van der Waals surface area contributed by atoms with Crippen LogP contribution in [0.4, 0.5) is 22.1 Å². The van der Waals surface area contributed by atoms with Gasteiger partial charge in [-0.25, -0.2) is 14.8 Å². The molecular weight excluding hydrogens is 318 g/mol. The van der Waals surface area contributed by atoms with Crippen LogP contribution in [-0.2, 0) is 0 Å². The van der Waals surface area contributed by atoms with Crippen molar-refractivity contribution in [3.63, 3.8) is 0 Å². The molecule has 7 heteroatoms. The Morgan fingerprint density at radius 1 is 1.12 bits per heavy atom. The molecular formula is C18H19N5O2. The number of anilines is 3. The van der Waals surface area contributed by atoms with E-state index in [9.17, 15) is 4.79 Å². The van der Waals surface area contributed by atoms with Crippen LogP contribution in [0.3, 0.4) is 0 Å². The molecule has 1 aromatic carbocycles. The lowest BCUT2D eigenvalue weighted by Crippen LogP contribution is -2.28. The Morgan fingerprint density at radius 3 is 2.68 bits per heavy atom. The van der Waals surface area contributed by atoms with Crippen molar-refractivity contribution in [3.8, 4) is 5.75 Å².